The van der Waals surface area contributed by atoms with Gasteiger partial charge in [-0.3, -0.25) is 9.59 Å². The van der Waals surface area contributed by atoms with E-state index in [1.165, 1.54) is 11.1 Å². The summed E-state index contributed by atoms with van der Waals surface area (Å²) in [5.41, 5.74) is 4.01. The zero-order valence-electron chi connectivity index (χ0n) is 19.6. The van der Waals surface area contributed by atoms with E-state index >= 15 is 0 Å². The van der Waals surface area contributed by atoms with Gasteiger partial charge in [0, 0.05) is 32.5 Å². The standard InChI is InChI=1S/C27H32N2O5/c1-29(16-8-13-24(30)31)25(32)27(14-6-7-15-27)18-28-26(33)34-17-23-21-11-4-2-9-19(21)20-10-3-5-12-22(20)23/h2-5,9-12,23H,6-8,13-18H2,1H3,(H,28,33)(H,30,31). The minimum absolute atomic E-state index is 0.0133. The van der Waals surface area contributed by atoms with Crippen molar-refractivity contribution < 1.29 is 24.2 Å². The molecule has 0 radical (unpaired) electrons. The van der Waals surface area contributed by atoms with Crippen molar-refractivity contribution in [3.8, 4) is 11.1 Å². The smallest absolute Gasteiger partial charge is 0.407 e. The number of hydrogen-bond donors (Lipinski definition) is 2. The van der Waals surface area contributed by atoms with Gasteiger partial charge in [-0.25, -0.2) is 4.79 Å². The number of aliphatic carboxylic acids is 1. The number of alkyl carbamates (subject to hydrolysis) is 1. The van der Waals surface area contributed by atoms with Crippen molar-refractivity contribution in [1.82, 2.24) is 10.2 Å². The summed E-state index contributed by atoms with van der Waals surface area (Å²) >= 11 is 0. The molecular weight excluding hydrogens is 432 g/mol. The van der Waals surface area contributed by atoms with E-state index in [1.54, 1.807) is 11.9 Å². The Morgan fingerprint density at radius 2 is 1.62 bits per heavy atom. The minimum Gasteiger partial charge on any atom is -0.481 e. The average Bonchev–Trinajstić information content (AvgIpc) is 3.44. The second-order valence-corrected chi connectivity index (χ2v) is 9.39. The van der Waals surface area contributed by atoms with Crippen molar-refractivity contribution in [2.45, 2.75) is 44.4 Å². The van der Waals surface area contributed by atoms with Gasteiger partial charge in [-0.2, -0.15) is 0 Å². The average molecular weight is 465 g/mol. The Labute approximate surface area is 200 Å². The monoisotopic (exact) mass is 464 g/mol. The summed E-state index contributed by atoms with van der Waals surface area (Å²) in [7, 11) is 1.71. The molecule has 0 unspecified atom stereocenters. The molecule has 0 atom stereocenters. The summed E-state index contributed by atoms with van der Waals surface area (Å²) in [6.07, 6.45) is 3.20. The van der Waals surface area contributed by atoms with E-state index < -0.39 is 17.5 Å². The summed E-state index contributed by atoms with van der Waals surface area (Å²) in [6, 6.07) is 16.4. The Hall–Kier alpha value is -3.35. The molecule has 2 aromatic carbocycles. The summed E-state index contributed by atoms with van der Waals surface area (Å²) in [4.78, 5) is 38.2. The van der Waals surface area contributed by atoms with E-state index in [-0.39, 0.29) is 31.4 Å². The molecule has 0 aromatic heterocycles. The van der Waals surface area contributed by atoms with Crippen LogP contribution in [0.4, 0.5) is 4.79 Å². The number of nitrogens with one attached hydrogen (secondary N) is 1. The molecule has 0 bridgehead atoms. The highest BCUT2D eigenvalue weighted by Crippen LogP contribution is 2.44. The molecule has 7 nitrogen and oxygen atoms in total. The van der Waals surface area contributed by atoms with Crippen LogP contribution in [0.25, 0.3) is 11.1 Å². The number of nitrogens with zero attached hydrogens (tertiary/aromatic N) is 1. The van der Waals surface area contributed by atoms with Crippen LogP contribution in [0.3, 0.4) is 0 Å². The summed E-state index contributed by atoms with van der Waals surface area (Å²) in [5.74, 6) is -0.914. The summed E-state index contributed by atoms with van der Waals surface area (Å²) in [6.45, 7) is 0.847. The van der Waals surface area contributed by atoms with Gasteiger partial charge in [0.05, 0.1) is 5.41 Å². The Kier molecular flexibility index (Phi) is 7.20. The SMILES string of the molecule is CN(CCCC(=O)O)C(=O)C1(CNC(=O)OCC2c3ccccc3-c3ccccc32)CCCC1. The largest absolute Gasteiger partial charge is 0.481 e. The number of carbonyl (C=O) groups is 3. The molecule has 2 aliphatic carbocycles. The number of ether oxygens (including phenoxy) is 1. The van der Waals surface area contributed by atoms with Crippen molar-refractivity contribution >= 4 is 18.0 Å². The van der Waals surface area contributed by atoms with Crippen molar-refractivity contribution in [2.24, 2.45) is 5.41 Å². The van der Waals surface area contributed by atoms with E-state index in [4.69, 9.17) is 9.84 Å². The lowest BCUT2D eigenvalue weighted by Crippen LogP contribution is -2.48. The van der Waals surface area contributed by atoms with Crippen LogP contribution in [0.5, 0.6) is 0 Å². The zero-order chi connectivity index (χ0) is 24.1. The fourth-order valence-corrected chi connectivity index (χ4v) is 5.38. The Morgan fingerprint density at radius 1 is 1.03 bits per heavy atom. The first-order valence-electron chi connectivity index (χ1n) is 12.0. The quantitative estimate of drug-likeness (QED) is 0.573. The van der Waals surface area contributed by atoms with Gasteiger partial charge in [0.15, 0.2) is 0 Å². The first-order chi connectivity index (χ1) is 16.4. The second kappa shape index (κ2) is 10.3. The van der Waals surface area contributed by atoms with Gasteiger partial charge in [-0.05, 0) is 41.5 Å². The van der Waals surface area contributed by atoms with Gasteiger partial charge in [-0.15, -0.1) is 0 Å². The van der Waals surface area contributed by atoms with E-state index in [0.717, 1.165) is 24.0 Å². The Balaban J connectivity index is 1.35. The molecule has 4 rings (SSSR count). The zero-order valence-corrected chi connectivity index (χ0v) is 19.6. The summed E-state index contributed by atoms with van der Waals surface area (Å²) in [5, 5.41) is 11.7. The van der Waals surface area contributed by atoms with Crippen LogP contribution < -0.4 is 5.32 Å². The van der Waals surface area contributed by atoms with Gasteiger partial charge < -0.3 is 20.1 Å². The normalized spacial score (nSPS) is 15.9. The number of hydrogen-bond acceptors (Lipinski definition) is 4. The highest BCUT2D eigenvalue weighted by atomic mass is 16.5. The molecule has 2 N–H and O–H groups in total. The van der Waals surface area contributed by atoms with Crippen molar-refractivity contribution in [3.05, 3.63) is 59.7 Å². The lowest BCUT2D eigenvalue weighted by Gasteiger charge is -2.32. The van der Waals surface area contributed by atoms with E-state index in [9.17, 15) is 14.4 Å². The first kappa shape index (κ1) is 23.8. The molecule has 0 saturated heterocycles. The van der Waals surface area contributed by atoms with Crippen LogP contribution in [0.1, 0.15) is 55.6 Å². The second-order valence-electron chi connectivity index (χ2n) is 9.39. The molecule has 2 amide bonds. The van der Waals surface area contributed by atoms with E-state index in [0.29, 0.717) is 25.8 Å². The number of carbonyl (C=O) groups excluding carboxylic acids is 2. The molecule has 180 valence electrons. The number of carboxylic acid groups (broad SMARTS) is 1. The maximum atomic E-state index is 13.2. The molecule has 2 aliphatic rings. The Bertz CT molecular complexity index is 1010. The highest BCUT2D eigenvalue weighted by molar-refractivity contribution is 5.84. The molecule has 0 heterocycles. The topological polar surface area (TPSA) is 95.9 Å². The molecule has 2 aromatic rings. The van der Waals surface area contributed by atoms with Crippen molar-refractivity contribution in [2.75, 3.05) is 26.7 Å². The number of rotatable bonds is 9. The molecule has 0 spiro atoms. The minimum atomic E-state index is -0.867. The van der Waals surface area contributed by atoms with Gasteiger partial charge in [0.1, 0.15) is 6.61 Å². The van der Waals surface area contributed by atoms with Crippen LogP contribution in [-0.4, -0.2) is 54.7 Å². The third-order valence-electron chi connectivity index (χ3n) is 7.16. The number of fused-ring (bicyclic) bond motifs is 3. The lowest BCUT2D eigenvalue weighted by molar-refractivity contribution is -0.141. The van der Waals surface area contributed by atoms with Crippen LogP contribution in [0.15, 0.2) is 48.5 Å². The fourth-order valence-electron chi connectivity index (χ4n) is 5.38. The van der Waals surface area contributed by atoms with Gasteiger partial charge in [0.25, 0.3) is 0 Å². The van der Waals surface area contributed by atoms with E-state index in [1.807, 2.05) is 24.3 Å². The lowest BCUT2D eigenvalue weighted by atomic mass is 9.84. The number of benzene rings is 2. The van der Waals surface area contributed by atoms with Crippen LogP contribution >= 0.6 is 0 Å². The molecule has 34 heavy (non-hydrogen) atoms. The molecule has 7 heteroatoms. The van der Waals surface area contributed by atoms with Crippen LogP contribution in [0.2, 0.25) is 0 Å². The predicted octanol–water partition coefficient (Wildman–Crippen LogP) is 4.41. The van der Waals surface area contributed by atoms with Gasteiger partial charge in [-0.1, -0.05) is 61.4 Å². The third-order valence-corrected chi connectivity index (χ3v) is 7.16. The third kappa shape index (κ3) is 4.93. The fraction of sp³-hybridized carbons (Fsp3) is 0.444. The maximum absolute atomic E-state index is 13.2. The maximum Gasteiger partial charge on any atom is 0.407 e. The van der Waals surface area contributed by atoms with Crippen LogP contribution in [-0.2, 0) is 14.3 Å². The first-order valence-corrected chi connectivity index (χ1v) is 12.0. The molecule has 1 saturated carbocycles. The number of amides is 2. The predicted molar refractivity (Wildman–Crippen MR) is 128 cm³/mol. The van der Waals surface area contributed by atoms with E-state index in [2.05, 4.69) is 29.6 Å². The number of carboxylic acids is 1. The highest BCUT2D eigenvalue weighted by Gasteiger charge is 2.43. The van der Waals surface area contributed by atoms with Crippen molar-refractivity contribution in [1.29, 1.82) is 0 Å². The van der Waals surface area contributed by atoms with Gasteiger partial charge >= 0.3 is 12.1 Å². The molecule has 1 fully saturated rings. The van der Waals surface area contributed by atoms with Crippen molar-refractivity contribution in [3.63, 3.8) is 0 Å². The summed E-state index contributed by atoms with van der Waals surface area (Å²) < 4.78 is 5.64. The van der Waals surface area contributed by atoms with Gasteiger partial charge in [0.2, 0.25) is 5.91 Å². The molecular formula is C27H32N2O5. The molecule has 0 aliphatic heterocycles. The van der Waals surface area contributed by atoms with Crippen LogP contribution in [0, 0.1) is 5.41 Å². The Morgan fingerprint density at radius 3 is 2.21 bits per heavy atom.